The smallest absolute Gasteiger partial charge is 0.261 e. The van der Waals surface area contributed by atoms with E-state index in [1.54, 1.807) is 24.3 Å². The molecule has 2 aromatic carbocycles. The zero-order valence-corrected chi connectivity index (χ0v) is 16.2. The molecule has 0 bridgehead atoms. The SMILES string of the molecule is CCN1Cc2ccc(Cl)cc2C2(CC2CN2C(=O)c3ccccc3C2=O)C1=O. The standard InChI is InChI=1S/C22H19ClN2O3/c1-2-24-11-13-7-8-15(23)9-18(13)22(21(24)28)10-14(22)12-25-19(26)16-5-3-4-6-17(16)20(25)27/h3-9,14H,2,10-12H2,1H3. The predicted octanol–water partition coefficient (Wildman–Crippen LogP) is 3.26. The monoisotopic (exact) mass is 394 g/mol. The van der Waals surface area contributed by atoms with Gasteiger partial charge in [-0.15, -0.1) is 0 Å². The summed E-state index contributed by atoms with van der Waals surface area (Å²) in [6.07, 6.45) is 0.628. The average Bonchev–Trinajstić information content (AvgIpc) is 3.37. The molecular weight excluding hydrogens is 376 g/mol. The molecule has 1 spiro atoms. The van der Waals surface area contributed by atoms with Crippen molar-refractivity contribution in [2.75, 3.05) is 13.1 Å². The lowest BCUT2D eigenvalue weighted by atomic mass is 9.84. The second kappa shape index (κ2) is 5.92. The summed E-state index contributed by atoms with van der Waals surface area (Å²) in [4.78, 5) is 41.9. The van der Waals surface area contributed by atoms with E-state index in [0.717, 1.165) is 11.1 Å². The molecule has 3 amide bonds. The van der Waals surface area contributed by atoms with Crippen molar-refractivity contribution in [1.29, 1.82) is 0 Å². The summed E-state index contributed by atoms with van der Waals surface area (Å²) in [5.41, 5.74) is 2.25. The van der Waals surface area contributed by atoms with E-state index in [1.807, 2.05) is 30.0 Å². The zero-order chi connectivity index (χ0) is 19.6. The van der Waals surface area contributed by atoms with Gasteiger partial charge in [0.1, 0.15) is 0 Å². The van der Waals surface area contributed by atoms with E-state index in [-0.39, 0.29) is 30.2 Å². The molecule has 0 N–H and O–H groups in total. The first-order valence-electron chi connectivity index (χ1n) is 9.51. The molecule has 5 nitrogen and oxygen atoms in total. The van der Waals surface area contributed by atoms with Crippen LogP contribution in [0, 0.1) is 5.92 Å². The van der Waals surface area contributed by atoms with E-state index in [0.29, 0.717) is 35.7 Å². The number of nitrogens with zero attached hydrogens (tertiary/aromatic N) is 2. The van der Waals surface area contributed by atoms with E-state index in [4.69, 9.17) is 11.6 Å². The summed E-state index contributed by atoms with van der Waals surface area (Å²) < 4.78 is 0. The number of rotatable bonds is 3. The minimum atomic E-state index is -0.677. The number of halogens is 1. The van der Waals surface area contributed by atoms with Crippen molar-refractivity contribution in [1.82, 2.24) is 9.80 Å². The fourth-order valence-electron chi connectivity index (χ4n) is 4.80. The Morgan fingerprint density at radius 1 is 1.07 bits per heavy atom. The van der Waals surface area contributed by atoms with Crippen LogP contribution in [0.3, 0.4) is 0 Å². The van der Waals surface area contributed by atoms with Gasteiger partial charge >= 0.3 is 0 Å². The fraction of sp³-hybridized carbons (Fsp3) is 0.318. The van der Waals surface area contributed by atoms with E-state index >= 15 is 0 Å². The Bertz CT molecular complexity index is 1010. The van der Waals surface area contributed by atoms with Crippen molar-refractivity contribution < 1.29 is 14.4 Å². The highest BCUT2D eigenvalue weighted by Gasteiger charge is 2.65. The van der Waals surface area contributed by atoms with Gasteiger partial charge in [-0.05, 0) is 54.7 Å². The van der Waals surface area contributed by atoms with Gasteiger partial charge in [0.25, 0.3) is 11.8 Å². The van der Waals surface area contributed by atoms with Gasteiger partial charge in [-0.25, -0.2) is 0 Å². The Balaban J connectivity index is 1.49. The van der Waals surface area contributed by atoms with Crippen molar-refractivity contribution in [2.24, 2.45) is 5.92 Å². The first kappa shape index (κ1) is 17.4. The van der Waals surface area contributed by atoms with Gasteiger partial charge in [0.05, 0.1) is 16.5 Å². The molecule has 1 fully saturated rings. The molecule has 0 saturated heterocycles. The number of likely N-dealkylation sites (N-methyl/N-ethyl adjacent to an activating group) is 1. The maximum absolute atomic E-state index is 13.3. The summed E-state index contributed by atoms with van der Waals surface area (Å²) in [6, 6.07) is 12.6. The van der Waals surface area contributed by atoms with Gasteiger partial charge in [-0.2, -0.15) is 0 Å². The third kappa shape index (κ3) is 2.23. The molecule has 1 saturated carbocycles. The molecule has 2 aliphatic heterocycles. The number of carbonyl (C=O) groups excluding carboxylic acids is 3. The topological polar surface area (TPSA) is 57.7 Å². The van der Waals surface area contributed by atoms with Gasteiger partial charge in [0.15, 0.2) is 0 Å². The van der Waals surface area contributed by atoms with E-state index in [2.05, 4.69) is 0 Å². The number of carbonyl (C=O) groups is 3. The van der Waals surface area contributed by atoms with E-state index < -0.39 is 5.41 Å². The number of hydrogen-bond donors (Lipinski definition) is 0. The number of benzene rings is 2. The molecule has 1 aliphatic carbocycles. The van der Waals surface area contributed by atoms with Gasteiger partial charge in [-0.3, -0.25) is 19.3 Å². The predicted molar refractivity (Wildman–Crippen MR) is 104 cm³/mol. The summed E-state index contributed by atoms with van der Waals surface area (Å²) >= 11 is 6.23. The Morgan fingerprint density at radius 3 is 2.39 bits per heavy atom. The van der Waals surface area contributed by atoms with Gasteiger partial charge in [-0.1, -0.05) is 29.8 Å². The Labute approximate surface area is 167 Å². The number of hydrogen-bond acceptors (Lipinski definition) is 3. The van der Waals surface area contributed by atoms with Gasteiger partial charge in [0, 0.05) is 24.7 Å². The zero-order valence-electron chi connectivity index (χ0n) is 15.4. The minimum absolute atomic E-state index is 0.0753. The molecular formula is C22H19ClN2O3. The highest BCUT2D eigenvalue weighted by atomic mass is 35.5. The summed E-state index contributed by atoms with van der Waals surface area (Å²) in [6.45, 7) is 3.42. The number of imide groups is 1. The third-order valence-corrected chi connectivity index (χ3v) is 6.59. The van der Waals surface area contributed by atoms with Gasteiger partial charge < -0.3 is 4.90 Å². The highest BCUT2D eigenvalue weighted by molar-refractivity contribution is 6.30. The van der Waals surface area contributed by atoms with Crippen LogP contribution in [0.5, 0.6) is 0 Å². The van der Waals surface area contributed by atoms with Crippen LogP contribution < -0.4 is 0 Å². The van der Waals surface area contributed by atoms with Crippen molar-refractivity contribution >= 4 is 29.3 Å². The molecule has 28 heavy (non-hydrogen) atoms. The molecule has 142 valence electrons. The quantitative estimate of drug-likeness (QED) is 0.751. The average molecular weight is 395 g/mol. The van der Waals surface area contributed by atoms with Crippen molar-refractivity contribution in [3.63, 3.8) is 0 Å². The highest BCUT2D eigenvalue weighted by Crippen LogP contribution is 2.59. The number of amides is 3. The maximum atomic E-state index is 13.3. The lowest BCUT2D eigenvalue weighted by Crippen LogP contribution is -2.46. The summed E-state index contributed by atoms with van der Waals surface area (Å²) in [7, 11) is 0. The van der Waals surface area contributed by atoms with E-state index in [9.17, 15) is 14.4 Å². The van der Waals surface area contributed by atoms with Crippen LogP contribution in [0.25, 0.3) is 0 Å². The minimum Gasteiger partial charge on any atom is -0.338 e. The van der Waals surface area contributed by atoms with Crippen LogP contribution in [0.15, 0.2) is 42.5 Å². The normalized spacial score (nSPS) is 25.4. The fourth-order valence-corrected chi connectivity index (χ4v) is 4.97. The summed E-state index contributed by atoms with van der Waals surface area (Å²) in [5, 5.41) is 0.599. The molecule has 3 aliphatic rings. The molecule has 2 heterocycles. The summed E-state index contributed by atoms with van der Waals surface area (Å²) in [5.74, 6) is -0.561. The van der Waals surface area contributed by atoms with E-state index in [1.165, 1.54) is 4.90 Å². The molecule has 2 unspecified atom stereocenters. The molecule has 6 heteroatoms. The van der Waals surface area contributed by atoms with Crippen LogP contribution in [0.4, 0.5) is 0 Å². The maximum Gasteiger partial charge on any atom is 0.261 e. The molecule has 2 atom stereocenters. The van der Waals surface area contributed by atoms with Gasteiger partial charge in [0.2, 0.25) is 5.91 Å². The Hall–Kier alpha value is -2.66. The van der Waals surface area contributed by atoms with Crippen LogP contribution in [0.1, 0.15) is 45.2 Å². The molecule has 2 aromatic rings. The first-order chi connectivity index (χ1) is 13.5. The second-order valence-electron chi connectivity index (χ2n) is 7.76. The van der Waals surface area contributed by atoms with Crippen molar-refractivity contribution in [3.8, 4) is 0 Å². The van der Waals surface area contributed by atoms with Crippen molar-refractivity contribution in [2.45, 2.75) is 25.3 Å². The first-order valence-corrected chi connectivity index (χ1v) is 9.88. The largest absolute Gasteiger partial charge is 0.338 e. The lowest BCUT2D eigenvalue weighted by Gasteiger charge is -2.35. The third-order valence-electron chi connectivity index (χ3n) is 6.35. The van der Waals surface area contributed by atoms with Crippen LogP contribution >= 0.6 is 11.6 Å². The molecule has 5 rings (SSSR count). The van der Waals surface area contributed by atoms with Crippen molar-refractivity contribution in [3.05, 3.63) is 69.7 Å². The van der Waals surface area contributed by atoms with Crippen LogP contribution in [-0.4, -0.2) is 40.6 Å². The lowest BCUT2D eigenvalue weighted by molar-refractivity contribution is -0.136. The Kier molecular flexibility index (Phi) is 3.68. The van der Waals surface area contributed by atoms with Crippen LogP contribution in [-0.2, 0) is 16.8 Å². The molecule has 0 aromatic heterocycles. The Morgan fingerprint density at radius 2 is 1.75 bits per heavy atom. The van der Waals surface area contributed by atoms with Crippen LogP contribution in [0.2, 0.25) is 5.02 Å². The second-order valence-corrected chi connectivity index (χ2v) is 8.20. The number of fused-ring (bicyclic) bond motifs is 3. The molecule has 0 radical (unpaired) electrons.